The van der Waals surface area contributed by atoms with Crippen LogP contribution in [0.15, 0.2) is 18.2 Å². The number of amides is 1. The third-order valence-electron chi connectivity index (χ3n) is 2.60. The number of carbonyl (C=O) groups is 1. The number of rotatable bonds is 2. The fourth-order valence-corrected chi connectivity index (χ4v) is 1.87. The van der Waals surface area contributed by atoms with E-state index < -0.39 is 0 Å². The van der Waals surface area contributed by atoms with E-state index in [1.165, 1.54) is 0 Å². The summed E-state index contributed by atoms with van der Waals surface area (Å²) in [4.78, 5) is 11.9. The highest BCUT2D eigenvalue weighted by Crippen LogP contribution is 2.20. The molecule has 1 unspecified atom stereocenters. The van der Waals surface area contributed by atoms with Gasteiger partial charge in [0.1, 0.15) is 12.1 Å². The zero-order chi connectivity index (χ0) is 13.0. The first kappa shape index (κ1) is 12.8. The summed E-state index contributed by atoms with van der Waals surface area (Å²) in [5, 5.41) is 14.9. The molecule has 2 rings (SSSR count). The Morgan fingerprint density at radius 3 is 3.06 bits per heavy atom. The molecule has 1 atom stereocenters. The van der Waals surface area contributed by atoms with Gasteiger partial charge in [-0.1, -0.05) is 11.6 Å². The number of benzene rings is 1. The Hall–Kier alpha value is -1.61. The van der Waals surface area contributed by atoms with Crippen LogP contribution in [0.25, 0.3) is 0 Å². The zero-order valence-corrected chi connectivity index (χ0v) is 10.3. The molecule has 0 spiro atoms. The molecule has 1 heterocycles. The normalized spacial score (nSPS) is 19.0. The van der Waals surface area contributed by atoms with E-state index in [-0.39, 0.29) is 11.9 Å². The van der Waals surface area contributed by atoms with Crippen LogP contribution in [-0.2, 0) is 9.53 Å². The Bertz CT molecular complexity index is 493. The van der Waals surface area contributed by atoms with Crippen molar-refractivity contribution in [2.24, 2.45) is 0 Å². The van der Waals surface area contributed by atoms with Crippen LogP contribution in [-0.4, -0.2) is 31.7 Å². The van der Waals surface area contributed by atoms with Gasteiger partial charge in [-0.15, -0.1) is 0 Å². The molecule has 0 radical (unpaired) electrons. The van der Waals surface area contributed by atoms with Gasteiger partial charge in [0.05, 0.1) is 23.8 Å². The van der Waals surface area contributed by atoms with Crippen LogP contribution in [0.4, 0.5) is 5.69 Å². The van der Waals surface area contributed by atoms with Gasteiger partial charge in [0.15, 0.2) is 0 Å². The maximum absolute atomic E-state index is 11.9. The number of nitrogens with one attached hydrogen (secondary N) is 2. The Labute approximate surface area is 110 Å². The van der Waals surface area contributed by atoms with Crippen molar-refractivity contribution in [1.29, 1.82) is 5.26 Å². The van der Waals surface area contributed by atoms with Crippen molar-refractivity contribution in [3.63, 3.8) is 0 Å². The first-order valence-electron chi connectivity index (χ1n) is 5.52. The highest BCUT2D eigenvalue weighted by molar-refractivity contribution is 6.32. The number of morpholine rings is 1. The fraction of sp³-hybridized carbons (Fsp3) is 0.333. The summed E-state index contributed by atoms with van der Waals surface area (Å²) in [5.74, 6) is -0.171. The monoisotopic (exact) mass is 265 g/mol. The smallest absolute Gasteiger partial charge is 0.243 e. The molecule has 0 aliphatic carbocycles. The molecule has 5 nitrogen and oxygen atoms in total. The molecule has 1 aromatic rings. The second kappa shape index (κ2) is 5.83. The molecule has 6 heteroatoms. The minimum Gasteiger partial charge on any atom is -0.378 e. The zero-order valence-electron chi connectivity index (χ0n) is 9.57. The Kier molecular flexibility index (Phi) is 4.15. The van der Waals surface area contributed by atoms with Gasteiger partial charge in [-0.2, -0.15) is 5.26 Å². The number of hydrogen-bond donors (Lipinski definition) is 2. The third-order valence-corrected chi connectivity index (χ3v) is 2.91. The quantitative estimate of drug-likeness (QED) is 0.841. The summed E-state index contributed by atoms with van der Waals surface area (Å²) in [6.07, 6.45) is 0. The van der Waals surface area contributed by atoms with Gasteiger partial charge in [-0.25, -0.2) is 0 Å². The van der Waals surface area contributed by atoms with Crippen LogP contribution in [0, 0.1) is 11.3 Å². The van der Waals surface area contributed by atoms with Crippen LogP contribution in [0.2, 0.25) is 5.02 Å². The van der Waals surface area contributed by atoms with Crippen molar-refractivity contribution >= 4 is 23.2 Å². The van der Waals surface area contributed by atoms with E-state index in [0.29, 0.717) is 36.0 Å². The van der Waals surface area contributed by atoms with Gasteiger partial charge in [0, 0.05) is 12.2 Å². The second-order valence-electron chi connectivity index (χ2n) is 3.88. The van der Waals surface area contributed by atoms with Gasteiger partial charge >= 0.3 is 0 Å². The van der Waals surface area contributed by atoms with Gasteiger partial charge in [0.25, 0.3) is 0 Å². The lowest BCUT2D eigenvalue weighted by atomic mass is 10.2. The van der Waals surface area contributed by atoms with Crippen molar-refractivity contribution in [1.82, 2.24) is 5.32 Å². The SMILES string of the molecule is N#Cc1ccc(NC(=O)C2COCCN2)cc1Cl. The van der Waals surface area contributed by atoms with E-state index in [1.807, 2.05) is 6.07 Å². The summed E-state index contributed by atoms with van der Waals surface area (Å²) in [6.45, 7) is 1.63. The molecule has 0 aromatic heterocycles. The van der Waals surface area contributed by atoms with E-state index in [9.17, 15) is 4.79 Å². The lowest BCUT2D eigenvalue weighted by Crippen LogP contribution is -2.48. The summed E-state index contributed by atoms with van der Waals surface area (Å²) in [5.41, 5.74) is 0.949. The molecule has 1 aromatic carbocycles. The van der Waals surface area contributed by atoms with E-state index in [0.717, 1.165) is 0 Å². The van der Waals surface area contributed by atoms with Gasteiger partial charge in [-0.05, 0) is 18.2 Å². The maximum Gasteiger partial charge on any atom is 0.243 e. The van der Waals surface area contributed by atoms with E-state index in [2.05, 4.69) is 10.6 Å². The van der Waals surface area contributed by atoms with Crippen molar-refractivity contribution in [3.05, 3.63) is 28.8 Å². The summed E-state index contributed by atoms with van der Waals surface area (Å²) >= 11 is 5.88. The fourth-order valence-electron chi connectivity index (χ4n) is 1.65. The van der Waals surface area contributed by atoms with Crippen molar-refractivity contribution < 1.29 is 9.53 Å². The van der Waals surface area contributed by atoms with Crippen LogP contribution < -0.4 is 10.6 Å². The molecule has 1 saturated heterocycles. The summed E-state index contributed by atoms with van der Waals surface area (Å²) in [7, 11) is 0. The Balaban J connectivity index is 2.02. The van der Waals surface area contributed by atoms with Crippen LogP contribution in [0.5, 0.6) is 0 Å². The van der Waals surface area contributed by atoms with Gasteiger partial charge < -0.3 is 15.4 Å². The number of nitriles is 1. The average Bonchev–Trinajstić information content (AvgIpc) is 2.40. The predicted molar refractivity (Wildman–Crippen MR) is 67.4 cm³/mol. The standard InChI is InChI=1S/C12H12ClN3O2/c13-10-5-9(2-1-8(10)6-14)16-12(17)11-7-18-4-3-15-11/h1-2,5,11,15H,3-4,7H2,(H,16,17). The molecule has 1 aliphatic rings. The lowest BCUT2D eigenvalue weighted by molar-refractivity contribution is -0.120. The third kappa shape index (κ3) is 2.99. The topological polar surface area (TPSA) is 74.2 Å². The molecule has 94 valence electrons. The van der Waals surface area contributed by atoms with Crippen molar-refractivity contribution in [2.75, 3.05) is 25.1 Å². The molecular formula is C12H12ClN3O2. The molecule has 18 heavy (non-hydrogen) atoms. The maximum atomic E-state index is 11.9. The van der Waals surface area contributed by atoms with Crippen LogP contribution in [0.1, 0.15) is 5.56 Å². The predicted octanol–water partition coefficient (Wildman–Crippen LogP) is 1.14. The minimum atomic E-state index is -0.354. The number of hydrogen-bond acceptors (Lipinski definition) is 4. The molecule has 0 saturated carbocycles. The number of carbonyl (C=O) groups excluding carboxylic acids is 1. The van der Waals surface area contributed by atoms with Crippen molar-refractivity contribution in [2.45, 2.75) is 6.04 Å². The molecule has 0 bridgehead atoms. The Morgan fingerprint density at radius 2 is 2.44 bits per heavy atom. The molecule has 2 N–H and O–H groups in total. The average molecular weight is 266 g/mol. The number of ether oxygens (including phenoxy) is 1. The summed E-state index contributed by atoms with van der Waals surface area (Å²) < 4.78 is 5.21. The van der Waals surface area contributed by atoms with Crippen molar-refractivity contribution in [3.8, 4) is 6.07 Å². The Morgan fingerprint density at radius 1 is 1.61 bits per heavy atom. The van der Waals surface area contributed by atoms with E-state index in [4.69, 9.17) is 21.6 Å². The van der Waals surface area contributed by atoms with E-state index >= 15 is 0 Å². The lowest BCUT2D eigenvalue weighted by Gasteiger charge is -2.22. The van der Waals surface area contributed by atoms with Crippen LogP contribution >= 0.6 is 11.6 Å². The minimum absolute atomic E-state index is 0.171. The molecular weight excluding hydrogens is 254 g/mol. The summed E-state index contributed by atoms with van der Waals surface area (Å²) in [6, 6.07) is 6.38. The molecule has 1 fully saturated rings. The van der Waals surface area contributed by atoms with E-state index in [1.54, 1.807) is 18.2 Å². The highest BCUT2D eigenvalue weighted by atomic mass is 35.5. The number of anilines is 1. The number of halogens is 1. The second-order valence-corrected chi connectivity index (χ2v) is 4.28. The van der Waals surface area contributed by atoms with Gasteiger partial charge in [-0.3, -0.25) is 4.79 Å². The van der Waals surface area contributed by atoms with Gasteiger partial charge in [0.2, 0.25) is 5.91 Å². The highest BCUT2D eigenvalue weighted by Gasteiger charge is 2.21. The first-order valence-corrected chi connectivity index (χ1v) is 5.90. The first-order chi connectivity index (χ1) is 8.70. The molecule has 1 aliphatic heterocycles. The molecule has 1 amide bonds. The van der Waals surface area contributed by atoms with Crippen LogP contribution in [0.3, 0.4) is 0 Å². The largest absolute Gasteiger partial charge is 0.378 e. The number of nitrogens with zero attached hydrogens (tertiary/aromatic N) is 1.